The number of anilines is 1. The van der Waals surface area contributed by atoms with Gasteiger partial charge in [-0.25, -0.2) is 14.2 Å². The van der Waals surface area contributed by atoms with Crippen molar-refractivity contribution in [2.75, 3.05) is 44.8 Å². The second kappa shape index (κ2) is 9.10. The maximum atomic E-state index is 13.7. The zero-order valence-electron chi connectivity index (χ0n) is 21.5. The van der Waals surface area contributed by atoms with Crippen LogP contribution in [0.4, 0.5) is 5.69 Å². The normalized spacial score (nSPS) is 15.7. The number of morpholine rings is 1. The number of hydrogen-bond acceptors (Lipinski definition) is 6. The molecule has 5 aromatic rings. The van der Waals surface area contributed by atoms with E-state index in [1.807, 2.05) is 30.3 Å². The Morgan fingerprint density at radius 3 is 2.59 bits per heavy atom. The number of fused-ring (bicyclic) bond motifs is 5. The number of aromatic carboxylic acids is 1. The van der Waals surface area contributed by atoms with Crippen LogP contribution in [0.15, 0.2) is 68.2 Å². The van der Waals surface area contributed by atoms with Crippen LogP contribution in [0, 0.1) is 0 Å². The summed E-state index contributed by atoms with van der Waals surface area (Å²) in [7, 11) is 2.06. The number of benzene rings is 3. The van der Waals surface area contributed by atoms with Crippen LogP contribution >= 0.6 is 0 Å². The summed E-state index contributed by atoms with van der Waals surface area (Å²) in [5.41, 5.74) is 4.15. The maximum Gasteiger partial charge on any atom is 0.348 e. The third kappa shape index (κ3) is 3.82. The molecule has 1 fully saturated rings. The smallest absolute Gasteiger partial charge is 0.348 e. The molecule has 8 nitrogen and oxygen atoms in total. The highest BCUT2D eigenvalue weighted by Gasteiger charge is 2.25. The van der Waals surface area contributed by atoms with Gasteiger partial charge in [-0.3, -0.25) is 0 Å². The number of carboxylic acid groups (broad SMARTS) is 1. The van der Waals surface area contributed by atoms with Gasteiger partial charge in [0.15, 0.2) is 18.7 Å². The molecule has 0 atom stereocenters. The fraction of sp³-hybridized carbons (Fsp3) is 0.258. The van der Waals surface area contributed by atoms with Crippen LogP contribution < -0.4 is 20.5 Å². The van der Waals surface area contributed by atoms with Crippen molar-refractivity contribution in [2.45, 2.75) is 12.8 Å². The molecule has 0 radical (unpaired) electrons. The van der Waals surface area contributed by atoms with Crippen LogP contribution in [0.1, 0.15) is 22.3 Å². The topological polar surface area (TPSA) is 96.1 Å². The molecule has 1 N–H and O–H groups in total. The molecule has 0 unspecified atom stereocenters. The highest BCUT2D eigenvalue weighted by Crippen LogP contribution is 2.41. The molecule has 2 aliphatic heterocycles. The minimum absolute atomic E-state index is 0.114. The average molecular weight is 524 g/mol. The van der Waals surface area contributed by atoms with E-state index in [-0.39, 0.29) is 10.9 Å². The maximum absolute atomic E-state index is 13.7. The molecule has 0 amide bonds. The first kappa shape index (κ1) is 23.7. The first-order valence-electron chi connectivity index (χ1n) is 13.2. The number of carboxylic acids is 1. The first-order chi connectivity index (χ1) is 19.0. The van der Waals surface area contributed by atoms with Gasteiger partial charge in [0.2, 0.25) is 5.36 Å². The van der Waals surface area contributed by atoms with E-state index in [2.05, 4.69) is 16.5 Å². The highest BCUT2D eigenvalue weighted by molar-refractivity contribution is 6.16. The Bertz CT molecular complexity index is 1940. The predicted molar refractivity (Wildman–Crippen MR) is 150 cm³/mol. The van der Waals surface area contributed by atoms with Crippen LogP contribution in [-0.2, 0) is 11.2 Å². The Morgan fingerprint density at radius 1 is 0.974 bits per heavy atom. The van der Waals surface area contributed by atoms with Crippen molar-refractivity contribution in [2.24, 2.45) is 0 Å². The highest BCUT2D eigenvalue weighted by atomic mass is 16.5. The molecule has 0 saturated carbocycles. The summed E-state index contributed by atoms with van der Waals surface area (Å²) in [4.78, 5) is 28.2. The van der Waals surface area contributed by atoms with Crippen LogP contribution in [0.3, 0.4) is 0 Å². The van der Waals surface area contributed by atoms with E-state index in [4.69, 9.17) is 13.6 Å². The van der Waals surface area contributed by atoms with Gasteiger partial charge in [0, 0.05) is 42.4 Å². The average Bonchev–Trinajstić information content (AvgIpc) is 2.96. The summed E-state index contributed by atoms with van der Waals surface area (Å²) >= 11 is 0. The van der Waals surface area contributed by atoms with Gasteiger partial charge in [0.05, 0.1) is 17.0 Å². The quantitative estimate of drug-likeness (QED) is 0.160. The second-order valence-corrected chi connectivity index (χ2v) is 10.2. The van der Waals surface area contributed by atoms with Gasteiger partial charge in [0.25, 0.3) is 0 Å². The van der Waals surface area contributed by atoms with Crippen LogP contribution in [0.25, 0.3) is 44.0 Å². The minimum atomic E-state index is -1.06. The molecule has 39 heavy (non-hydrogen) atoms. The van der Waals surface area contributed by atoms with Crippen molar-refractivity contribution in [1.29, 1.82) is 0 Å². The molecule has 2 aromatic heterocycles. The van der Waals surface area contributed by atoms with E-state index in [1.165, 1.54) is 0 Å². The lowest BCUT2D eigenvalue weighted by Crippen LogP contribution is -2.39. The van der Waals surface area contributed by atoms with Crippen molar-refractivity contribution >= 4 is 44.6 Å². The standard InChI is InChI=1S/C31H26N2O6/c1-32-10-4-5-18-15-23-26(17-24(18)32)38-29-22-9-8-19(33-11-13-37-14-12-33)16-25(22)39-31(36)28(29)27(23)20-6-2-3-7-21(20)30(34)35/h2-3,6-9,15-17H,4-5,10-14H2,1H3/p+1. The molecular formula is C31H27N2O6+. The molecule has 2 aliphatic rings. The van der Waals surface area contributed by atoms with Crippen molar-refractivity contribution in [3.8, 4) is 11.1 Å². The molecule has 3 aromatic carbocycles. The van der Waals surface area contributed by atoms with Crippen molar-refractivity contribution < 1.29 is 23.5 Å². The van der Waals surface area contributed by atoms with E-state index in [0.717, 1.165) is 49.1 Å². The number of rotatable bonds is 2. The fourth-order valence-electron chi connectivity index (χ4n) is 5.99. The molecule has 7 rings (SSSR count). The third-order valence-corrected chi connectivity index (χ3v) is 7.91. The van der Waals surface area contributed by atoms with Gasteiger partial charge in [-0.15, -0.1) is 0 Å². The van der Waals surface area contributed by atoms with Crippen molar-refractivity contribution in [3.05, 3.63) is 81.5 Å². The van der Waals surface area contributed by atoms with Gasteiger partial charge in [0.1, 0.15) is 29.8 Å². The molecule has 196 valence electrons. The molecule has 1 saturated heterocycles. The number of carbonyl (C=O) groups is 1. The Labute approximate surface area is 223 Å². The summed E-state index contributed by atoms with van der Waals surface area (Å²) < 4.78 is 20.1. The minimum Gasteiger partial charge on any atom is -0.478 e. The van der Waals surface area contributed by atoms with E-state index in [9.17, 15) is 14.7 Å². The second-order valence-electron chi connectivity index (χ2n) is 10.2. The van der Waals surface area contributed by atoms with Crippen LogP contribution in [0.2, 0.25) is 0 Å². The van der Waals surface area contributed by atoms with Gasteiger partial charge in [-0.1, -0.05) is 18.2 Å². The fourth-order valence-corrected chi connectivity index (χ4v) is 5.99. The zero-order chi connectivity index (χ0) is 26.7. The SMILES string of the molecule is CN1CCCc2cc3c(-c4ccccc4C(=O)O)c4c(=O)oc5cc(=[N+]6CCOCC6)ccc5c4oc3cc21. The van der Waals surface area contributed by atoms with Gasteiger partial charge in [-0.05, 0) is 42.2 Å². The van der Waals surface area contributed by atoms with E-state index < -0.39 is 11.6 Å². The number of hydrogen-bond donors (Lipinski definition) is 1. The van der Waals surface area contributed by atoms with Gasteiger partial charge >= 0.3 is 11.6 Å². The Hall–Kier alpha value is -4.43. The summed E-state index contributed by atoms with van der Waals surface area (Å²) in [5, 5.41) is 12.6. The molecular weight excluding hydrogens is 496 g/mol. The van der Waals surface area contributed by atoms with E-state index in [0.29, 0.717) is 51.9 Å². The molecule has 0 aliphatic carbocycles. The van der Waals surface area contributed by atoms with Gasteiger partial charge in [-0.2, -0.15) is 0 Å². The molecule has 0 bridgehead atoms. The van der Waals surface area contributed by atoms with Crippen LogP contribution in [-0.4, -0.2) is 51.0 Å². The van der Waals surface area contributed by atoms with Crippen LogP contribution in [0.5, 0.6) is 0 Å². The predicted octanol–water partition coefficient (Wildman–Crippen LogP) is 4.24. The Kier molecular flexibility index (Phi) is 5.52. The van der Waals surface area contributed by atoms with E-state index >= 15 is 0 Å². The number of aryl methyl sites for hydroxylation is 1. The molecule has 8 heteroatoms. The lowest BCUT2D eigenvalue weighted by molar-refractivity contribution is 0.0697. The van der Waals surface area contributed by atoms with Gasteiger partial charge < -0.3 is 23.6 Å². The lowest BCUT2D eigenvalue weighted by atomic mass is 9.91. The zero-order valence-corrected chi connectivity index (χ0v) is 21.5. The summed E-state index contributed by atoms with van der Waals surface area (Å²) in [6.07, 6.45) is 1.91. The first-order valence-corrected chi connectivity index (χ1v) is 13.2. The summed E-state index contributed by atoms with van der Waals surface area (Å²) in [5.74, 6) is -1.06. The monoisotopic (exact) mass is 523 g/mol. The summed E-state index contributed by atoms with van der Waals surface area (Å²) in [6.45, 7) is 3.75. The lowest BCUT2D eigenvalue weighted by Gasteiger charge is -2.28. The Morgan fingerprint density at radius 2 is 1.77 bits per heavy atom. The van der Waals surface area contributed by atoms with E-state index in [1.54, 1.807) is 24.3 Å². The third-order valence-electron chi connectivity index (χ3n) is 7.91. The molecule has 0 spiro atoms. The Balaban J connectivity index is 1.63. The number of ether oxygens (including phenoxy) is 1. The van der Waals surface area contributed by atoms with Crippen molar-refractivity contribution in [1.82, 2.24) is 4.58 Å². The van der Waals surface area contributed by atoms with Crippen molar-refractivity contribution in [3.63, 3.8) is 0 Å². The molecule has 4 heterocycles. The largest absolute Gasteiger partial charge is 0.478 e. The number of nitrogens with zero attached hydrogens (tertiary/aromatic N) is 2. The summed E-state index contributed by atoms with van der Waals surface area (Å²) in [6, 6.07) is 16.6.